The summed E-state index contributed by atoms with van der Waals surface area (Å²) >= 11 is 0. The van der Waals surface area contributed by atoms with Crippen LogP contribution < -0.4 is 5.32 Å². The number of carboxylic acid groups (broad SMARTS) is 1. The van der Waals surface area contributed by atoms with E-state index in [0.29, 0.717) is 19.5 Å². The summed E-state index contributed by atoms with van der Waals surface area (Å²) in [4.78, 5) is 24.5. The van der Waals surface area contributed by atoms with Crippen molar-refractivity contribution in [2.75, 3.05) is 33.4 Å². The maximum Gasteiger partial charge on any atom is 0.334 e. The molecule has 7 heteroatoms. The van der Waals surface area contributed by atoms with Crippen LogP contribution in [0.5, 0.6) is 0 Å². The SMILES string of the molecule is COC(CNC(=O)N1CCOC(C(=O)O)C1)Cc1ccccc1. The van der Waals surface area contributed by atoms with E-state index in [4.69, 9.17) is 14.6 Å². The molecule has 0 radical (unpaired) electrons. The van der Waals surface area contributed by atoms with E-state index in [0.717, 1.165) is 5.56 Å². The van der Waals surface area contributed by atoms with Crippen molar-refractivity contribution in [2.24, 2.45) is 0 Å². The minimum absolute atomic E-state index is 0.0531. The molecule has 7 nitrogen and oxygen atoms in total. The molecule has 2 N–H and O–H groups in total. The zero-order valence-electron chi connectivity index (χ0n) is 13.1. The lowest BCUT2D eigenvalue weighted by Crippen LogP contribution is -2.52. The van der Waals surface area contributed by atoms with E-state index in [2.05, 4.69) is 5.32 Å². The van der Waals surface area contributed by atoms with Gasteiger partial charge in [0.1, 0.15) is 0 Å². The Kier molecular flexibility index (Phi) is 6.37. The molecule has 1 aliphatic heterocycles. The van der Waals surface area contributed by atoms with Gasteiger partial charge in [-0.1, -0.05) is 30.3 Å². The lowest BCUT2D eigenvalue weighted by Gasteiger charge is -2.31. The molecule has 1 heterocycles. The Morgan fingerprint density at radius 3 is 2.83 bits per heavy atom. The highest BCUT2D eigenvalue weighted by Crippen LogP contribution is 2.07. The Morgan fingerprint density at radius 1 is 1.43 bits per heavy atom. The molecule has 2 atom stereocenters. The molecule has 126 valence electrons. The highest BCUT2D eigenvalue weighted by atomic mass is 16.5. The first-order chi connectivity index (χ1) is 11.1. The third kappa shape index (κ3) is 5.22. The fourth-order valence-corrected chi connectivity index (χ4v) is 2.41. The second-order valence-electron chi connectivity index (χ2n) is 5.38. The number of urea groups is 1. The monoisotopic (exact) mass is 322 g/mol. The quantitative estimate of drug-likeness (QED) is 0.806. The topological polar surface area (TPSA) is 88.1 Å². The number of aliphatic carboxylic acids is 1. The third-order valence-corrected chi connectivity index (χ3v) is 3.75. The standard InChI is InChI=1S/C16H22N2O5/c1-22-13(9-12-5-3-2-4-6-12)10-17-16(21)18-7-8-23-14(11-18)15(19)20/h2-6,13-14H,7-11H2,1H3,(H,17,21)(H,19,20). The molecule has 1 saturated heterocycles. The van der Waals surface area contributed by atoms with Crippen LogP contribution in [0.25, 0.3) is 0 Å². The van der Waals surface area contributed by atoms with E-state index < -0.39 is 12.1 Å². The van der Waals surface area contributed by atoms with Crippen LogP contribution in [0.1, 0.15) is 5.56 Å². The number of hydrogen-bond donors (Lipinski definition) is 2. The highest BCUT2D eigenvalue weighted by Gasteiger charge is 2.29. The zero-order valence-corrected chi connectivity index (χ0v) is 13.1. The number of carbonyl (C=O) groups excluding carboxylic acids is 1. The molecule has 1 fully saturated rings. The van der Waals surface area contributed by atoms with Gasteiger partial charge in [-0.2, -0.15) is 0 Å². The maximum atomic E-state index is 12.1. The summed E-state index contributed by atoms with van der Waals surface area (Å²) < 4.78 is 10.5. The lowest BCUT2D eigenvalue weighted by atomic mass is 10.1. The molecule has 0 aromatic heterocycles. The fraction of sp³-hybridized carbons (Fsp3) is 0.500. The molecule has 2 amide bonds. The molecular formula is C16H22N2O5. The van der Waals surface area contributed by atoms with E-state index in [1.54, 1.807) is 7.11 Å². The van der Waals surface area contributed by atoms with Crippen molar-refractivity contribution in [3.63, 3.8) is 0 Å². The van der Waals surface area contributed by atoms with Crippen molar-refractivity contribution in [3.05, 3.63) is 35.9 Å². The van der Waals surface area contributed by atoms with Gasteiger partial charge in [0.15, 0.2) is 6.10 Å². The lowest BCUT2D eigenvalue weighted by molar-refractivity contribution is -0.154. The van der Waals surface area contributed by atoms with E-state index in [1.165, 1.54) is 4.90 Å². The fourth-order valence-electron chi connectivity index (χ4n) is 2.41. The summed E-state index contributed by atoms with van der Waals surface area (Å²) in [7, 11) is 1.61. The number of carboxylic acids is 1. The van der Waals surface area contributed by atoms with Crippen LogP contribution in [-0.2, 0) is 20.7 Å². The van der Waals surface area contributed by atoms with Gasteiger partial charge in [0.05, 0.1) is 19.3 Å². The van der Waals surface area contributed by atoms with Crippen LogP contribution in [0.2, 0.25) is 0 Å². The molecule has 0 saturated carbocycles. The Hall–Kier alpha value is -2.12. The van der Waals surface area contributed by atoms with Crippen molar-refractivity contribution < 1.29 is 24.2 Å². The number of carbonyl (C=O) groups is 2. The van der Waals surface area contributed by atoms with Crippen molar-refractivity contribution >= 4 is 12.0 Å². The van der Waals surface area contributed by atoms with Crippen LogP contribution in [0, 0.1) is 0 Å². The third-order valence-electron chi connectivity index (χ3n) is 3.75. The minimum Gasteiger partial charge on any atom is -0.479 e. The second-order valence-corrected chi connectivity index (χ2v) is 5.38. The molecule has 2 unspecified atom stereocenters. The summed E-state index contributed by atoms with van der Waals surface area (Å²) in [6.45, 7) is 1.02. The van der Waals surface area contributed by atoms with Crippen LogP contribution in [0.4, 0.5) is 4.79 Å². The van der Waals surface area contributed by atoms with E-state index in [1.807, 2.05) is 30.3 Å². The van der Waals surface area contributed by atoms with Crippen LogP contribution >= 0.6 is 0 Å². The summed E-state index contributed by atoms with van der Waals surface area (Å²) in [5.41, 5.74) is 1.13. The van der Waals surface area contributed by atoms with Gasteiger partial charge in [-0.3, -0.25) is 0 Å². The summed E-state index contributed by atoms with van der Waals surface area (Å²) in [6.07, 6.45) is -0.409. The maximum absolute atomic E-state index is 12.1. The van der Waals surface area contributed by atoms with Crippen molar-refractivity contribution in [2.45, 2.75) is 18.6 Å². The van der Waals surface area contributed by atoms with Crippen molar-refractivity contribution in [1.82, 2.24) is 10.2 Å². The molecule has 1 aromatic rings. The van der Waals surface area contributed by atoms with E-state index in [-0.39, 0.29) is 25.3 Å². The molecule has 2 rings (SSSR count). The first-order valence-electron chi connectivity index (χ1n) is 7.54. The van der Waals surface area contributed by atoms with Gasteiger partial charge < -0.3 is 24.8 Å². The first-order valence-corrected chi connectivity index (χ1v) is 7.54. The van der Waals surface area contributed by atoms with Gasteiger partial charge in [0.25, 0.3) is 0 Å². The van der Waals surface area contributed by atoms with E-state index in [9.17, 15) is 9.59 Å². The average Bonchev–Trinajstić information content (AvgIpc) is 2.59. The van der Waals surface area contributed by atoms with Gasteiger partial charge in [-0.25, -0.2) is 9.59 Å². The summed E-state index contributed by atoms with van der Waals surface area (Å²) in [5.74, 6) is -1.05. The second kappa shape index (κ2) is 8.50. The Labute approximate surface area is 135 Å². The summed E-state index contributed by atoms with van der Waals surface area (Å²) in [5, 5.41) is 11.8. The van der Waals surface area contributed by atoms with Gasteiger partial charge in [0.2, 0.25) is 0 Å². The van der Waals surface area contributed by atoms with E-state index >= 15 is 0 Å². The van der Waals surface area contributed by atoms with Gasteiger partial charge in [-0.15, -0.1) is 0 Å². The minimum atomic E-state index is -1.05. The van der Waals surface area contributed by atoms with Crippen molar-refractivity contribution in [1.29, 1.82) is 0 Å². The average molecular weight is 322 g/mol. The van der Waals surface area contributed by atoms with Crippen LogP contribution in [-0.4, -0.2) is 67.6 Å². The molecular weight excluding hydrogens is 300 g/mol. The number of morpholine rings is 1. The first kappa shape index (κ1) is 17.2. The molecule has 1 aliphatic rings. The normalized spacial score (nSPS) is 19.2. The molecule has 0 bridgehead atoms. The highest BCUT2D eigenvalue weighted by molar-refractivity contribution is 5.77. The van der Waals surface area contributed by atoms with Gasteiger partial charge in [-0.05, 0) is 5.56 Å². The van der Waals surface area contributed by atoms with Gasteiger partial charge >= 0.3 is 12.0 Å². The number of nitrogens with zero attached hydrogens (tertiary/aromatic N) is 1. The molecule has 1 aromatic carbocycles. The number of nitrogens with one attached hydrogen (secondary N) is 1. The zero-order chi connectivity index (χ0) is 16.7. The van der Waals surface area contributed by atoms with Crippen LogP contribution in [0.3, 0.4) is 0 Å². The number of hydrogen-bond acceptors (Lipinski definition) is 4. The summed E-state index contributed by atoms with van der Waals surface area (Å²) in [6, 6.07) is 9.58. The number of methoxy groups -OCH3 is 1. The Morgan fingerprint density at radius 2 is 2.17 bits per heavy atom. The largest absolute Gasteiger partial charge is 0.479 e. The molecule has 0 aliphatic carbocycles. The smallest absolute Gasteiger partial charge is 0.334 e. The number of benzene rings is 1. The van der Waals surface area contributed by atoms with Crippen molar-refractivity contribution in [3.8, 4) is 0 Å². The van der Waals surface area contributed by atoms with Crippen LogP contribution in [0.15, 0.2) is 30.3 Å². The Bertz CT molecular complexity index is 522. The number of ether oxygens (including phenoxy) is 2. The number of amides is 2. The van der Waals surface area contributed by atoms with Gasteiger partial charge in [0, 0.05) is 26.6 Å². The predicted molar refractivity (Wildman–Crippen MR) is 83.3 cm³/mol. The Balaban J connectivity index is 1.81. The molecule has 0 spiro atoms. The predicted octanol–water partition coefficient (Wildman–Crippen LogP) is 0.739. The molecule has 23 heavy (non-hydrogen) atoms. The number of rotatable bonds is 6.